The van der Waals surface area contributed by atoms with Crippen molar-refractivity contribution in [3.63, 3.8) is 0 Å². The molecule has 7 nitrogen and oxygen atoms in total. The molecule has 2 N–H and O–H groups in total. The smallest absolute Gasteiger partial charge is 0.343 e. The van der Waals surface area contributed by atoms with Gasteiger partial charge >= 0.3 is 5.97 Å². The Morgan fingerprint density at radius 3 is 2.90 bits per heavy atom. The monoisotopic (exact) mass is 294 g/mol. The van der Waals surface area contributed by atoms with Crippen molar-refractivity contribution in [2.75, 3.05) is 13.2 Å². The maximum Gasteiger partial charge on any atom is 0.343 e. The zero-order chi connectivity index (χ0) is 15.5. The minimum Gasteiger partial charge on any atom is -0.477 e. The van der Waals surface area contributed by atoms with Crippen LogP contribution in [0.25, 0.3) is 0 Å². The van der Waals surface area contributed by atoms with Gasteiger partial charge in [0.25, 0.3) is 5.69 Å². The fourth-order valence-corrected chi connectivity index (χ4v) is 2.51. The van der Waals surface area contributed by atoms with Gasteiger partial charge in [0.1, 0.15) is 5.56 Å². The molecule has 1 aromatic carbocycles. The minimum absolute atomic E-state index is 0.237. The third-order valence-corrected chi connectivity index (χ3v) is 3.68. The lowest BCUT2D eigenvalue weighted by molar-refractivity contribution is -0.385. The molecule has 1 saturated heterocycles. The van der Waals surface area contributed by atoms with Gasteiger partial charge in [-0.1, -0.05) is 12.1 Å². The molecule has 0 aromatic heterocycles. The Morgan fingerprint density at radius 2 is 2.33 bits per heavy atom. The number of hydrogen-bond donors (Lipinski definition) is 2. The highest BCUT2D eigenvalue weighted by Gasteiger charge is 2.29. The highest BCUT2D eigenvalue weighted by molar-refractivity contribution is 5.94. The van der Waals surface area contributed by atoms with Crippen molar-refractivity contribution in [2.24, 2.45) is 0 Å². The molecule has 0 saturated carbocycles. The summed E-state index contributed by atoms with van der Waals surface area (Å²) < 4.78 is 5.43. The van der Waals surface area contributed by atoms with Gasteiger partial charge in [0.15, 0.2) is 0 Å². The van der Waals surface area contributed by atoms with Crippen molar-refractivity contribution in [3.8, 4) is 0 Å². The Balaban J connectivity index is 2.21. The lowest BCUT2D eigenvalue weighted by Crippen LogP contribution is -2.48. The van der Waals surface area contributed by atoms with Gasteiger partial charge in [0.05, 0.1) is 11.5 Å². The van der Waals surface area contributed by atoms with Crippen LogP contribution in [0.1, 0.15) is 35.7 Å². The van der Waals surface area contributed by atoms with E-state index in [1.54, 1.807) is 6.07 Å². The van der Waals surface area contributed by atoms with Crippen LogP contribution in [0.2, 0.25) is 0 Å². The predicted octanol–water partition coefficient (Wildman–Crippen LogP) is 1.95. The van der Waals surface area contributed by atoms with Crippen LogP contribution < -0.4 is 5.32 Å². The lowest BCUT2D eigenvalue weighted by Gasteiger charge is -2.34. The predicted molar refractivity (Wildman–Crippen MR) is 75.4 cm³/mol. The Bertz CT molecular complexity index is 552. The normalized spacial score (nSPS) is 22.0. The second-order valence-electron chi connectivity index (χ2n) is 5.44. The third kappa shape index (κ3) is 3.56. The maximum absolute atomic E-state index is 11.3. The number of benzene rings is 1. The van der Waals surface area contributed by atoms with Crippen LogP contribution in [0.5, 0.6) is 0 Å². The summed E-state index contributed by atoms with van der Waals surface area (Å²) in [6.07, 6.45) is 1.86. The number of nitro benzene ring substituents is 1. The Labute approximate surface area is 122 Å². The zero-order valence-corrected chi connectivity index (χ0v) is 11.8. The van der Waals surface area contributed by atoms with Gasteiger partial charge in [0, 0.05) is 24.8 Å². The highest BCUT2D eigenvalue weighted by atomic mass is 16.6. The molecule has 1 aliphatic rings. The largest absolute Gasteiger partial charge is 0.477 e. The van der Waals surface area contributed by atoms with Crippen LogP contribution >= 0.6 is 0 Å². The average Bonchev–Trinajstić information content (AvgIpc) is 2.45. The molecule has 0 amide bonds. The number of aromatic carboxylic acids is 1. The van der Waals surface area contributed by atoms with Gasteiger partial charge in [-0.25, -0.2) is 4.79 Å². The molecule has 0 radical (unpaired) electrons. The maximum atomic E-state index is 11.3. The average molecular weight is 294 g/mol. The highest BCUT2D eigenvalue weighted by Crippen LogP contribution is 2.24. The van der Waals surface area contributed by atoms with Crippen LogP contribution in [0.3, 0.4) is 0 Å². The molecule has 0 bridgehead atoms. The Kier molecular flexibility index (Phi) is 4.54. The zero-order valence-electron chi connectivity index (χ0n) is 11.8. The first-order chi connectivity index (χ1) is 9.93. The van der Waals surface area contributed by atoms with Gasteiger partial charge < -0.3 is 15.2 Å². The van der Waals surface area contributed by atoms with Crippen LogP contribution in [-0.4, -0.2) is 34.8 Å². The van der Waals surface area contributed by atoms with E-state index in [1.165, 1.54) is 12.1 Å². The van der Waals surface area contributed by atoms with E-state index in [0.717, 1.165) is 19.4 Å². The molecule has 2 rings (SSSR count). The summed E-state index contributed by atoms with van der Waals surface area (Å²) in [5, 5.41) is 23.5. The Morgan fingerprint density at radius 1 is 1.57 bits per heavy atom. The molecular weight excluding hydrogens is 276 g/mol. The number of carboxylic acid groups (broad SMARTS) is 1. The number of carbonyl (C=O) groups is 1. The minimum atomic E-state index is -1.29. The second kappa shape index (κ2) is 6.19. The summed E-state index contributed by atoms with van der Waals surface area (Å²) in [5.74, 6) is -1.29. The summed E-state index contributed by atoms with van der Waals surface area (Å²) in [7, 11) is 0. The molecule has 1 aromatic rings. The molecule has 7 heteroatoms. The molecule has 1 aliphatic heterocycles. The van der Waals surface area contributed by atoms with Crippen molar-refractivity contribution in [2.45, 2.75) is 31.8 Å². The van der Waals surface area contributed by atoms with E-state index in [1.807, 2.05) is 6.92 Å². The van der Waals surface area contributed by atoms with E-state index in [-0.39, 0.29) is 23.3 Å². The first-order valence-corrected chi connectivity index (χ1v) is 6.75. The fraction of sp³-hybridized carbons (Fsp3) is 0.500. The summed E-state index contributed by atoms with van der Waals surface area (Å²) in [4.78, 5) is 21.6. The molecule has 0 aliphatic carbocycles. The van der Waals surface area contributed by atoms with E-state index in [4.69, 9.17) is 4.74 Å². The van der Waals surface area contributed by atoms with Crippen molar-refractivity contribution >= 4 is 11.7 Å². The van der Waals surface area contributed by atoms with Crippen molar-refractivity contribution < 1.29 is 19.6 Å². The number of ether oxygens (including phenoxy) is 1. The molecule has 114 valence electrons. The molecule has 1 fully saturated rings. The van der Waals surface area contributed by atoms with Crippen molar-refractivity contribution in [3.05, 3.63) is 39.4 Å². The van der Waals surface area contributed by atoms with Crippen LogP contribution in [-0.2, 0) is 11.3 Å². The van der Waals surface area contributed by atoms with E-state index in [9.17, 15) is 20.0 Å². The number of nitrogens with one attached hydrogen (secondary N) is 1. The lowest BCUT2D eigenvalue weighted by atomic mass is 9.94. The van der Waals surface area contributed by atoms with Crippen LogP contribution in [0.4, 0.5) is 5.69 Å². The van der Waals surface area contributed by atoms with Gasteiger partial charge in [-0.2, -0.15) is 0 Å². The van der Waals surface area contributed by atoms with Crippen LogP contribution in [0, 0.1) is 10.1 Å². The molecule has 0 spiro atoms. The number of nitro groups is 1. The first kappa shape index (κ1) is 15.4. The summed E-state index contributed by atoms with van der Waals surface area (Å²) in [6, 6.07) is 4.30. The van der Waals surface area contributed by atoms with E-state index < -0.39 is 10.9 Å². The molecule has 1 heterocycles. The molecule has 21 heavy (non-hydrogen) atoms. The van der Waals surface area contributed by atoms with Crippen molar-refractivity contribution in [1.29, 1.82) is 0 Å². The third-order valence-electron chi connectivity index (χ3n) is 3.68. The van der Waals surface area contributed by atoms with Gasteiger partial charge in [0.2, 0.25) is 0 Å². The number of rotatable bonds is 5. The van der Waals surface area contributed by atoms with E-state index in [0.29, 0.717) is 12.2 Å². The topological polar surface area (TPSA) is 102 Å². The summed E-state index contributed by atoms with van der Waals surface area (Å²) in [6.45, 7) is 3.53. The Hall–Kier alpha value is -1.99. The number of nitrogens with zero attached hydrogens (tertiary/aromatic N) is 1. The number of hydrogen-bond acceptors (Lipinski definition) is 5. The second-order valence-corrected chi connectivity index (χ2v) is 5.44. The number of carboxylic acids is 1. The van der Waals surface area contributed by atoms with E-state index in [2.05, 4.69) is 5.32 Å². The fourth-order valence-electron chi connectivity index (χ4n) is 2.51. The van der Waals surface area contributed by atoms with Gasteiger partial charge in [-0.05, 0) is 25.3 Å². The van der Waals surface area contributed by atoms with Gasteiger partial charge in [-0.3, -0.25) is 10.1 Å². The van der Waals surface area contributed by atoms with Gasteiger partial charge in [-0.15, -0.1) is 0 Å². The summed E-state index contributed by atoms with van der Waals surface area (Å²) in [5.41, 5.74) is -0.468. The molecule has 1 atom stereocenters. The summed E-state index contributed by atoms with van der Waals surface area (Å²) >= 11 is 0. The van der Waals surface area contributed by atoms with Crippen LogP contribution in [0.15, 0.2) is 18.2 Å². The first-order valence-electron chi connectivity index (χ1n) is 6.75. The van der Waals surface area contributed by atoms with Crippen molar-refractivity contribution in [1.82, 2.24) is 5.32 Å². The molecular formula is C14H18N2O5. The quantitative estimate of drug-likeness (QED) is 0.635. The molecule has 1 unspecified atom stereocenters. The standard InChI is InChI=1S/C14H18N2O5/c1-14(6-3-7-21-9-14)15-8-10-4-2-5-11(16(19)20)12(10)13(17)18/h2,4-5,15H,3,6-9H2,1H3,(H,17,18). The SMILES string of the molecule is CC1(NCc2cccc([N+](=O)[O-])c2C(=O)O)CCCOC1. The van der Waals surface area contributed by atoms with E-state index >= 15 is 0 Å².